The molecule has 3 aromatic rings. The number of aromatic nitrogens is 1. The molecule has 41 heavy (non-hydrogen) atoms. The Morgan fingerprint density at radius 1 is 1.15 bits per heavy atom. The topological polar surface area (TPSA) is 104 Å². The van der Waals surface area contributed by atoms with Crippen molar-refractivity contribution in [2.75, 3.05) is 29.9 Å². The number of hydrogen-bond acceptors (Lipinski definition) is 5. The van der Waals surface area contributed by atoms with Gasteiger partial charge in [-0.25, -0.2) is 0 Å². The number of halogens is 3. The quantitative estimate of drug-likeness (QED) is 0.269. The second kappa shape index (κ2) is 12.8. The van der Waals surface area contributed by atoms with E-state index in [-0.39, 0.29) is 35.8 Å². The number of nitrogens with one attached hydrogen (secondary N) is 1. The minimum atomic E-state index is -4.82. The van der Waals surface area contributed by atoms with E-state index >= 15 is 0 Å². The largest absolute Gasteiger partial charge is 0.481 e. The number of aliphatic hydroxyl groups is 1. The van der Waals surface area contributed by atoms with Gasteiger partial charge in [-0.05, 0) is 41.7 Å². The van der Waals surface area contributed by atoms with Gasteiger partial charge in [0.2, 0.25) is 0 Å². The summed E-state index contributed by atoms with van der Waals surface area (Å²) < 4.78 is 50.2. The molecule has 11 heteroatoms. The molecule has 220 valence electrons. The van der Waals surface area contributed by atoms with E-state index in [1.165, 1.54) is 0 Å². The van der Waals surface area contributed by atoms with Crippen molar-refractivity contribution in [2.24, 2.45) is 0 Å². The smallest absolute Gasteiger partial charge is 0.418 e. The first-order valence-corrected chi connectivity index (χ1v) is 13.4. The maximum absolute atomic E-state index is 14.2. The summed E-state index contributed by atoms with van der Waals surface area (Å²) in [6.45, 7) is 5.40. The number of ether oxygens (including phenoxy) is 1. The van der Waals surface area contributed by atoms with Crippen molar-refractivity contribution in [3.8, 4) is 0 Å². The number of carbonyl (C=O) groups excluding carboxylic acids is 1. The van der Waals surface area contributed by atoms with E-state index in [0.29, 0.717) is 31.9 Å². The molecule has 1 fully saturated rings. The van der Waals surface area contributed by atoms with Crippen LogP contribution in [0.5, 0.6) is 0 Å². The third kappa shape index (κ3) is 7.47. The van der Waals surface area contributed by atoms with E-state index in [9.17, 15) is 33.0 Å². The molecular weight excluding hydrogens is 539 g/mol. The predicted molar refractivity (Wildman–Crippen MR) is 148 cm³/mol. The summed E-state index contributed by atoms with van der Waals surface area (Å²) in [6, 6.07) is 13.2. The van der Waals surface area contributed by atoms with Crippen LogP contribution in [0.2, 0.25) is 0 Å². The van der Waals surface area contributed by atoms with Crippen LogP contribution in [0.4, 0.5) is 24.5 Å². The highest BCUT2D eigenvalue weighted by Gasteiger charge is 2.37. The van der Waals surface area contributed by atoms with Gasteiger partial charge in [0.1, 0.15) is 0 Å². The highest BCUT2D eigenvalue weighted by Crippen LogP contribution is 2.40. The number of anilines is 2. The molecule has 0 radical (unpaired) electrons. The second-order valence-electron chi connectivity index (χ2n) is 10.4. The molecule has 0 saturated carbocycles. The molecule has 1 amide bonds. The van der Waals surface area contributed by atoms with Gasteiger partial charge in [0.15, 0.2) is 0 Å². The van der Waals surface area contributed by atoms with Crippen molar-refractivity contribution in [3.05, 3.63) is 82.7 Å². The van der Waals surface area contributed by atoms with E-state index < -0.39 is 41.8 Å². The summed E-state index contributed by atoms with van der Waals surface area (Å²) in [4.78, 5) is 26.5. The molecule has 0 unspecified atom stereocenters. The average molecular weight is 574 g/mol. The van der Waals surface area contributed by atoms with Crippen LogP contribution in [0.3, 0.4) is 0 Å². The maximum Gasteiger partial charge on any atom is 0.418 e. The molecule has 1 aliphatic heterocycles. The lowest BCUT2D eigenvalue weighted by Crippen LogP contribution is -2.25. The van der Waals surface area contributed by atoms with Gasteiger partial charge in [0.05, 0.1) is 42.6 Å². The highest BCUT2D eigenvalue weighted by molar-refractivity contribution is 6.06. The highest BCUT2D eigenvalue weighted by atomic mass is 19.4. The molecule has 3 N–H and O–H groups in total. The zero-order chi connectivity index (χ0) is 29.7. The number of carbonyl (C=O) groups is 2. The number of nitrogens with zero attached hydrogens (tertiary/aromatic N) is 2. The fourth-order valence-electron chi connectivity index (χ4n) is 5.16. The fourth-order valence-corrected chi connectivity index (χ4v) is 5.16. The van der Waals surface area contributed by atoms with Crippen LogP contribution < -0.4 is 10.2 Å². The van der Waals surface area contributed by atoms with E-state index in [1.807, 2.05) is 48.7 Å². The Kier molecular flexibility index (Phi) is 9.39. The fraction of sp³-hybridized carbons (Fsp3) is 0.400. The molecule has 2 aromatic carbocycles. The van der Waals surface area contributed by atoms with Crippen molar-refractivity contribution in [2.45, 2.75) is 58.0 Å². The molecule has 1 aliphatic rings. The molecule has 1 saturated heterocycles. The Morgan fingerprint density at radius 2 is 1.88 bits per heavy atom. The monoisotopic (exact) mass is 573 g/mol. The van der Waals surface area contributed by atoms with Crippen molar-refractivity contribution in [3.63, 3.8) is 0 Å². The van der Waals surface area contributed by atoms with Gasteiger partial charge < -0.3 is 29.7 Å². The van der Waals surface area contributed by atoms with Crippen molar-refractivity contribution in [1.82, 2.24) is 4.57 Å². The van der Waals surface area contributed by atoms with Gasteiger partial charge in [-0.1, -0.05) is 44.2 Å². The Hall–Kier alpha value is -3.83. The predicted octanol–water partition coefficient (Wildman–Crippen LogP) is 5.30. The SMILES string of the molecule is CC(C)c1c(C(=O)Nc2cc(CC(=O)O)c(N3CC[C@@H](O)C3)cc2C(F)(F)F)ccn1CCOCc1ccccc1. The second-order valence-corrected chi connectivity index (χ2v) is 10.4. The lowest BCUT2D eigenvalue weighted by Gasteiger charge is -2.25. The average Bonchev–Trinajstić information content (AvgIpc) is 3.53. The van der Waals surface area contributed by atoms with Crippen LogP contribution in [0.25, 0.3) is 0 Å². The Balaban J connectivity index is 1.59. The van der Waals surface area contributed by atoms with E-state index in [2.05, 4.69) is 5.32 Å². The number of benzene rings is 2. The maximum atomic E-state index is 14.2. The Labute approximate surface area is 236 Å². The Morgan fingerprint density at radius 3 is 2.49 bits per heavy atom. The van der Waals surface area contributed by atoms with Crippen LogP contribution in [0, 0.1) is 0 Å². The van der Waals surface area contributed by atoms with Gasteiger partial charge in [0, 0.05) is 37.2 Å². The van der Waals surface area contributed by atoms with E-state index in [1.54, 1.807) is 17.2 Å². The minimum absolute atomic E-state index is 0.0822. The summed E-state index contributed by atoms with van der Waals surface area (Å²) in [6.07, 6.45) is -4.01. The zero-order valence-corrected chi connectivity index (χ0v) is 22.9. The van der Waals surface area contributed by atoms with Crippen LogP contribution in [0.1, 0.15) is 58.9 Å². The number of hydrogen-bond donors (Lipinski definition) is 3. The number of β-amino-alcohol motifs (C(OH)–C–C–N with tert-alkyl or cyclic N) is 1. The summed E-state index contributed by atoms with van der Waals surface area (Å²) in [5.74, 6) is -2.07. The first-order valence-electron chi connectivity index (χ1n) is 13.4. The zero-order valence-electron chi connectivity index (χ0n) is 22.9. The molecule has 0 spiro atoms. The summed E-state index contributed by atoms with van der Waals surface area (Å²) >= 11 is 0. The third-order valence-corrected chi connectivity index (χ3v) is 7.00. The van der Waals surface area contributed by atoms with Crippen LogP contribution in [0.15, 0.2) is 54.7 Å². The lowest BCUT2D eigenvalue weighted by atomic mass is 10.0. The number of alkyl halides is 3. The molecule has 1 aromatic heterocycles. The van der Waals surface area contributed by atoms with Crippen LogP contribution in [-0.4, -0.2) is 52.5 Å². The third-order valence-electron chi connectivity index (χ3n) is 7.00. The van der Waals surface area contributed by atoms with Gasteiger partial charge in [-0.3, -0.25) is 9.59 Å². The number of aliphatic carboxylic acids is 1. The molecular formula is C30H34F3N3O5. The van der Waals surface area contributed by atoms with Gasteiger partial charge >= 0.3 is 12.1 Å². The number of aliphatic hydroxyl groups excluding tert-OH is 1. The van der Waals surface area contributed by atoms with Crippen molar-refractivity contribution < 1.29 is 37.7 Å². The van der Waals surface area contributed by atoms with Gasteiger partial charge in [0.25, 0.3) is 5.91 Å². The lowest BCUT2D eigenvalue weighted by molar-refractivity contribution is -0.137. The number of amides is 1. The standard InChI is InChI=1S/C30H34F3N3O5/c1-19(2)28-23(9-11-35(28)12-13-41-18-20-6-4-3-5-7-20)29(40)34-25-14-21(15-27(38)39)26(16-24(25)30(31,32)33)36-10-8-22(37)17-36/h3-7,9,11,14,16,19,22,37H,8,10,12-13,15,17-18H2,1-2H3,(H,34,40)(H,38,39)/t22-/m1/s1. The van der Waals surface area contributed by atoms with E-state index in [4.69, 9.17) is 4.74 Å². The number of rotatable bonds is 11. The van der Waals surface area contributed by atoms with E-state index in [0.717, 1.165) is 17.7 Å². The molecule has 0 aliphatic carbocycles. The van der Waals surface area contributed by atoms with Crippen LogP contribution >= 0.6 is 0 Å². The van der Waals surface area contributed by atoms with Gasteiger partial charge in [-0.15, -0.1) is 0 Å². The molecule has 1 atom stereocenters. The van der Waals surface area contributed by atoms with Gasteiger partial charge in [-0.2, -0.15) is 13.2 Å². The molecule has 2 heterocycles. The first-order chi connectivity index (χ1) is 19.4. The number of carboxylic acid groups (broad SMARTS) is 1. The first kappa shape index (κ1) is 30.1. The minimum Gasteiger partial charge on any atom is -0.481 e. The van der Waals surface area contributed by atoms with Crippen molar-refractivity contribution in [1.29, 1.82) is 0 Å². The molecule has 8 nitrogen and oxygen atoms in total. The Bertz CT molecular complexity index is 1370. The van der Waals surface area contributed by atoms with Crippen LogP contribution in [-0.2, 0) is 35.3 Å². The summed E-state index contributed by atoms with van der Waals surface area (Å²) in [7, 11) is 0. The molecule has 0 bridgehead atoms. The summed E-state index contributed by atoms with van der Waals surface area (Å²) in [5, 5.41) is 21.7. The van der Waals surface area contributed by atoms with Crippen molar-refractivity contribution >= 4 is 23.3 Å². The number of carboxylic acids is 1. The normalized spacial score (nSPS) is 15.5. The molecule has 4 rings (SSSR count). The summed E-state index contributed by atoms with van der Waals surface area (Å²) in [5.41, 5.74) is 0.493.